The van der Waals surface area contributed by atoms with E-state index in [-0.39, 0.29) is 6.10 Å². The highest BCUT2D eigenvalue weighted by Gasteiger charge is 2.17. The van der Waals surface area contributed by atoms with Crippen molar-refractivity contribution in [2.45, 2.75) is 136 Å². The van der Waals surface area contributed by atoms with Gasteiger partial charge in [0, 0.05) is 0 Å². The number of hydrogen-bond donors (Lipinski definition) is 1. The number of unbranched alkanes of at least 4 members (excludes halogenated alkanes) is 11. The third-order valence-corrected chi connectivity index (χ3v) is 5.25. The van der Waals surface area contributed by atoms with Gasteiger partial charge in [-0.3, -0.25) is 0 Å². The zero-order chi connectivity index (χ0) is 17.2. The fourth-order valence-corrected chi connectivity index (χ4v) is 3.55. The average Bonchev–Trinajstić information content (AvgIpc) is 2.56. The minimum Gasteiger partial charge on any atom is -0.393 e. The molecule has 0 saturated heterocycles. The summed E-state index contributed by atoms with van der Waals surface area (Å²) in [6.45, 7) is 6.78. The summed E-state index contributed by atoms with van der Waals surface area (Å²) < 4.78 is 0. The normalized spacial score (nSPS) is 12.9. The highest BCUT2D eigenvalue weighted by atomic mass is 16.3. The van der Waals surface area contributed by atoms with E-state index in [1.807, 2.05) is 0 Å². The van der Waals surface area contributed by atoms with Crippen molar-refractivity contribution in [1.29, 1.82) is 0 Å². The Morgan fingerprint density at radius 2 is 0.870 bits per heavy atom. The average molecular weight is 327 g/mol. The van der Waals surface area contributed by atoms with Gasteiger partial charge in [-0.1, -0.05) is 111 Å². The van der Waals surface area contributed by atoms with Gasteiger partial charge >= 0.3 is 0 Å². The van der Waals surface area contributed by atoms with Gasteiger partial charge in [-0.05, 0) is 25.2 Å². The van der Waals surface area contributed by atoms with Gasteiger partial charge in [0.05, 0.1) is 6.10 Å². The minimum absolute atomic E-state index is 0.0405. The van der Waals surface area contributed by atoms with Crippen molar-refractivity contribution in [3.05, 3.63) is 0 Å². The van der Waals surface area contributed by atoms with Crippen molar-refractivity contribution in [3.63, 3.8) is 0 Å². The van der Waals surface area contributed by atoms with Crippen molar-refractivity contribution in [3.8, 4) is 0 Å². The summed E-state index contributed by atoms with van der Waals surface area (Å²) in [4.78, 5) is 0. The number of rotatable bonds is 18. The molecule has 0 radical (unpaired) electrons. The van der Waals surface area contributed by atoms with E-state index in [0.717, 1.165) is 6.42 Å². The Bertz CT molecular complexity index is 198. The van der Waals surface area contributed by atoms with E-state index in [9.17, 15) is 5.11 Å². The molecule has 1 N–H and O–H groups in total. The zero-order valence-corrected chi connectivity index (χ0v) is 16.6. The largest absolute Gasteiger partial charge is 0.393 e. The van der Waals surface area contributed by atoms with Crippen molar-refractivity contribution >= 4 is 0 Å². The molecule has 0 amide bonds. The van der Waals surface area contributed by atoms with Crippen molar-refractivity contribution in [2.24, 2.45) is 5.92 Å². The maximum atomic E-state index is 10.5. The minimum atomic E-state index is -0.0405. The maximum Gasteiger partial charge on any atom is 0.0568 e. The Balaban J connectivity index is 3.88. The Labute approximate surface area is 147 Å². The molecule has 1 heteroatoms. The lowest BCUT2D eigenvalue weighted by molar-refractivity contribution is 0.0835. The third kappa shape index (κ3) is 15.2. The Hall–Kier alpha value is -0.0400. The summed E-state index contributed by atoms with van der Waals surface area (Å²) in [5.41, 5.74) is 0. The van der Waals surface area contributed by atoms with Gasteiger partial charge in [-0.2, -0.15) is 0 Å². The van der Waals surface area contributed by atoms with Crippen molar-refractivity contribution < 1.29 is 5.11 Å². The summed E-state index contributed by atoms with van der Waals surface area (Å²) in [6, 6.07) is 0. The van der Waals surface area contributed by atoms with Crippen LogP contribution in [-0.2, 0) is 0 Å². The highest BCUT2D eigenvalue weighted by Crippen LogP contribution is 2.24. The second-order valence-electron chi connectivity index (χ2n) is 7.58. The fourth-order valence-electron chi connectivity index (χ4n) is 3.55. The summed E-state index contributed by atoms with van der Waals surface area (Å²) in [5, 5.41) is 10.5. The molecule has 0 aromatic heterocycles. The molecule has 0 saturated carbocycles. The van der Waals surface area contributed by atoms with Crippen LogP contribution in [0.2, 0.25) is 0 Å². The first kappa shape index (κ1) is 23.0. The van der Waals surface area contributed by atoms with Crippen LogP contribution in [0, 0.1) is 5.92 Å². The van der Waals surface area contributed by atoms with Gasteiger partial charge < -0.3 is 5.11 Å². The first-order valence-electron chi connectivity index (χ1n) is 10.9. The van der Waals surface area contributed by atoms with Gasteiger partial charge in [0.1, 0.15) is 0 Å². The number of aliphatic hydroxyl groups excluding tert-OH is 1. The van der Waals surface area contributed by atoms with E-state index in [2.05, 4.69) is 20.8 Å². The van der Waals surface area contributed by atoms with Crippen LogP contribution in [0.3, 0.4) is 0 Å². The number of hydrogen-bond acceptors (Lipinski definition) is 1. The van der Waals surface area contributed by atoms with E-state index in [0.29, 0.717) is 5.92 Å². The molecule has 0 aliphatic rings. The van der Waals surface area contributed by atoms with Crippen LogP contribution in [0.1, 0.15) is 130 Å². The monoisotopic (exact) mass is 326 g/mol. The van der Waals surface area contributed by atoms with Gasteiger partial charge in [0.25, 0.3) is 0 Å². The van der Waals surface area contributed by atoms with Crippen LogP contribution < -0.4 is 0 Å². The second-order valence-corrected chi connectivity index (χ2v) is 7.58. The van der Waals surface area contributed by atoms with E-state index < -0.39 is 0 Å². The van der Waals surface area contributed by atoms with Crippen LogP contribution in [0.15, 0.2) is 0 Å². The summed E-state index contributed by atoms with van der Waals surface area (Å²) in [7, 11) is 0. The topological polar surface area (TPSA) is 20.2 Å². The smallest absolute Gasteiger partial charge is 0.0568 e. The SMILES string of the molecule is CCCCCCCCC(CCCCCCCC)C(O)CCCC. The van der Waals surface area contributed by atoms with Crippen LogP contribution >= 0.6 is 0 Å². The molecule has 0 spiro atoms. The molecular formula is C22H46O. The van der Waals surface area contributed by atoms with E-state index in [1.165, 1.54) is 103 Å². The fraction of sp³-hybridized carbons (Fsp3) is 1.00. The maximum absolute atomic E-state index is 10.5. The molecule has 1 atom stereocenters. The molecule has 0 bridgehead atoms. The molecule has 0 aromatic carbocycles. The summed E-state index contributed by atoms with van der Waals surface area (Å²) >= 11 is 0. The molecule has 23 heavy (non-hydrogen) atoms. The Morgan fingerprint density at radius 3 is 1.30 bits per heavy atom. The first-order chi connectivity index (χ1) is 11.3. The summed E-state index contributed by atoms with van der Waals surface area (Å²) in [5.74, 6) is 0.568. The second kappa shape index (κ2) is 18.3. The zero-order valence-electron chi connectivity index (χ0n) is 16.6. The molecule has 0 aliphatic carbocycles. The molecular weight excluding hydrogens is 280 g/mol. The quantitative estimate of drug-likeness (QED) is 0.256. The Morgan fingerprint density at radius 1 is 0.478 bits per heavy atom. The number of aliphatic hydroxyl groups is 1. The van der Waals surface area contributed by atoms with E-state index >= 15 is 0 Å². The first-order valence-corrected chi connectivity index (χ1v) is 10.9. The van der Waals surface area contributed by atoms with E-state index in [4.69, 9.17) is 0 Å². The molecule has 140 valence electrons. The molecule has 0 heterocycles. The van der Waals surface area contributed by atoms with Crippen LogP contribution in [0.5, 0.6) is 0 Å². The predicted octanol–water partition coefficient (Wildman–Crippen LogP) is 7.65. The molecule has 0 fully saturated rings. The van der Waals surface area contributed by atoms with Gasteiger partial charge in [0.15, 0.2) is 0 Å². The lowest BCUT2D eigenvalue weighted by Gasteiger charge is -2.23. The van der Waals surface area contributed by atoms with Gasteiger partial charge in [0.2, 0.25) is 0 Å². The standard InChI is InChI=1S/C22H46O/c1-4-7-10-12-14-16-18-21(22(23)20-9-6-3)19-17-15-13-11-8-5-2/h21-23H,4-20H2,1-3H3. The lowest BCUT2D eigenvalue weighted by atomic mass is 9.87. The lowest BCUT2D eigenvalue weighted by Crippen LogP contribution is -2.20. The van der Waals surface area contributed by atoms with Gasteiger partial charge in [-0.25, -0.2) is 0 Å². The van der Waals surface area contributed by atoms with Crippen molar-refractivity contribution in [2.75, 3.05) is 0 Å². The predicted molar refractivity (Wildman–Crippen MR) is 105 cm³/mol. The van der Waals surface area contributed by atoms with Crippen LogP contribution in [0.4, 0.5) is 0 Å². The summed E-state index contributed by atoms with van der Waals surface area (Å²) in [6.07, 6.45) is 22.3. The van der Waals surface area contributed by atoms with Gasteiger partial charge in [-0.15, -0.1) is 0 Å². The third-order valence-electron chi connectivity index (χ3n) is 5.25. The Kier molecular flexibility index (Phi) is 18.3. The molecule has 1 unspecified atom stereocenters. The molecule has 0 aromatic rings. The van der Waals surface area contributed by atoms with Crippen LogP contribution in [-0.4, -0.2) is 11.2 Å². The molecule has 0 aliphatic heterocycles. The van der Waals surface area contributed by atoms with Crippen LogP contribution in [0.25, 0.3) is 0 Å². The van der Waals surface area contributed by atoms with Crippen molar-refractivity contribution in [1.82, 2.24) is 0 Å². The highest BCUT2D eigenvalue weighted by molar-refractivity contribution is 4.70. The molecule has 0 rings (SSSR count). The molecule has 1 nitrogen and oxygen atoms in total. The van der Waals surface area contributed by atoms with E-state index in [1.54, 1.807) is 0 Å².